The van der Waals surface area contributed by atoms with Gasteiger partial charge in [0.05, 0.1) is 42.9 Å². The number of hydrogen-bond acceptors (Lipinski definition) is 4. The Morgan fingerprint density at radius 3 is 2.44 bits per heavy atom. The fraction of sp³-hybridized carbons (Fsp3) is 0.619. The second kappa shape index (κ2) is 8.24. The molecule has 2 aromatic heterocycles. The molecular weight excluding hydrogens is 316 g/mol. The Hall–Kier alpha value is -1.52. The molecule has 1 saturated heterocycles. The van der Waals surface area contributed by atoms with Crippen molar-refractivity contribution in [1.29, 1.82) is 0 Å². The molecule has 2 aromatic rings. The molecule has 1 aliphatic heterocycles. The van der Waals surface area contributed by atoms with E-state index in [0.717, 1.165) is 44.9 Å². The zero-order chi connectivity index (χ0) is 17.7. The molecule has 0 radical (unpaired) electrons. The number of aliphatic hydroxyl groups excluding tert-OH is 1. The third-order valence-corrected chi connectivity index (χ3v) is 5.37. The van der Waals surface area contributed by atoms with E-state index in [4.69, 9.17) is 13.6 Å². The molecular formula is C21H30O4. The second-order valence-electron chi connectivity index (χ2n) is 7.81. The van der Waals surface area contributed by atoms with Crippen molar-refractivity contribution in [3.8, 4) is 0 Å². The number of hydrogen-bond donors (Lipinski definition) is 1. The Labute approximate surface area is 150 Å². The number of epoxide rings is 1. The highest BCUT2D eigenvalue weighted by molar-refractivity contribution is 5.08. The standard InChI is InChI=1S/C21H30O4/c1-16(4-3-5-17-8-10-23-14-17)12-19(22)13-21(2)20(25-21)7-6-18-9-11-24-15-18/h8-11,14-16,19-20,22H,3-7,12-13H2,1-2H3/t16-,19+,20+,21-/m0/s1. The lowest BCUT2D eigenvalue weighted by Crippen LogP contribution is -2.22. The molecule has 0 amide bonds. The molecule has 4 heteroatoms. The van der Waals surface area contributed by atoms with Crippen molar-refractivity contribution < 1.29 is 18.7 Å². The summed E-state index contributed by atoms with van der Waals surface area (Å²) >= 11 is 0. The van der Waals surface area contributed by atoms with Gasteiger partial charge < -0.3 is 18.7 Å². The van der Waals surface area contributed by atoms with Gasteiger partial charge in [-0.3, -0.25) is 0 Å². The molecule has 0 bridgehead atoms. The van der Waals surface area contributed by atoms with E-state index in [-0.39, 0.29) is 17.8 Å². The van der Waals surface area contributed by atoms with Gasteiger partial charge in [-0.2, -0.15) is 0 Å². The highest BCUT2D eigenvalue weighted by Gasteiger charge is 2.52. The molecule has 1 N–H and O–H groups in total. The summed E-state index contributed by atoms with van der Waals surface area (Å²) in [6.07, 6.45) is 13.9. The minimum Gasteiger partial charge on any atom is -0.472 e. The molecule has 25 heavy (non-hydrogen) atoms. The van der Waals surface area contributed by atoms with Gasteiger partial charge in [-0.1, -0.05) is 13.3 Å². The second-order valence-corrected chi connectivity index (χ2v) is 7.81. The summed E-state index contributed by atoms with van der Waals surface area (Å²) < 4.78 is 16.1. The van der Waals surface area contributed by atoms with Crippen LogP contribution in [0.4, 0.5) is 0 Å². The van der Waals surface area contributed by atoms with Gasteiger partial charge in [0.2, 0.25) is 0 Å². The van der Waals surface area contributed by atoms with E-state index in [1.54, 1.807) is 18.8 Å². The third-order valence-electron chi connectivity index (χ3n) is 5.37. The molecule has 0 saturated carbocycles. The Morgan fingerprint density at radius 2 is 1.80 bits per heavy atom. The number of rotatable bonds is 11. The molecule has 4 atom stereocenters. The van der Waals surface area contributed by atoms with E-state index in [9.17, 15) is 5.11 Å². The van der Waals surface area contributed by atoms with Crippen LogP contribution < -0.4 is 0 Å². The van der Waals surface area contributed by atoms with Crippen LogP contribution in [0.2, 0.25) is 0 Å². The minimum atomic E-state index is -0.284. The van der Waals surface area contributed by atoms with Crippen molar-refractivity contribution in [1.82, 2.24) is 0 Å². The minimum absolute atomic E-state index is 0.153. The van der Waals surface area contributed by atoms with Crippen molar-refractivity contribution in [2.24, 2.45) is 5.92 Å². The van der Waals surface area contributed by atoms with E-state index in [0.29, 0.717) is 5.92 Å². The highest BCUT2D eigenvalue weighted by atomic mass is 16.6. The average Bonchev–Trinajstić information content (AvgIpc) is 3.00. The van der Waals surface area contributed by atoms with Crippen molar-refractivity contribution in [3.63, 3.8) is 0 Å². The van der Waals surface area contributed by atoms with Crippen molar-refractivity contribution in [2.45, 2.75) is 76.6 Å². The summed E-state index contributed by atoms with van der Waals surface area (Å²) in [4.78, 5) is 0. The molecule has 3 rings (SSSR count). The summed E-state index contributed by atoms with van der Waals surface area (Å²) in [6, 6.07) is 4.02. The Kier molecular flexibility index (Phi) is 6.02. The van der Waals surface area contributed by atoms with E-state index in [1.165, 1.54) is 11.1 Å². The molecule has 0 spiro atoms. The fourth-order valence-electron chi connectivity index (χ4n) is 3.79. The smallest absolute Gasteiger partial charge is 0.0945 e. The summed E-state index contributed by atoms with van der Waals surface area (Å²) in [5.41, 5.74) is 2.32. The van der Waals surface area contributed by atoms with Crippen LogP contribution in [0.15, 0.2) is 46.0 Å². The van der Waals surface area contributed by atoms with Crippen LogP contribution in [0.1, 0.15) is 57.1 Å². The molecule has 0 unspecified atom stereocenters. The molecule has 1 aliphatic rings. The maximum absolute atomic E-state index is 10.4. The molecule has 4 nitrogen and oxygen atoms in total. The molecule has 0 aromatic carbocycles. The van der Waals surface area contributed by atoms with Gasteiger partial charge >= 0.3 is 0 Å². The topological polar surface area (TPSA) is 59.0 Å². The van der Waals surface area contributed by atoms with Gasteiger partial charge in [0.15, 0.2) is 0 Å². The molecule has 0 aliphatic carbocycles. The van der Waals surface area contributed by atoms with E-state index in [2.05, 4.69) is 13.8 Å². The molecule has 138 valence electrons. The Morgan fingerprint density at radius 1 is 1.12 bits per heavy atom. The van der Waals surface area contributed by atoms with Crippen LogP contribution in [0.5, 0.6) is 0 Å². The largest absolute Gasteiger partial charge is 0.472 e. The van der Waals surface area contributed by atoms with Crippen LogP contribution >= 0.6 is 0 Å². The Bertz CT molecular complexity index is 604. The van der Waals surface area contributed by atoms with E-state index >= 15 is 0 Å². The third kappa shape index (κ3) is 5.48. The van der Waals surface area contributed by atoms with Gasteiger partial charge in [-0.25, -0.2) is 0 Å². The van der Waals surface area contributed by atoms with Crippen molar-refractivity contribution in [3.05, 3.63) is 48.3 Å². The van der Waals surface area contributed by atoms with Gasteiger partial charge in [0.1, 0.15) is 0 Å². The summed E-state index contributed by atoms with van der Waals surface area (Å²) in [7, 11) is 0. The summed E-state index contributed by atoms with van der Waals surface area (Å²) in [5, 5.41) is 10.4. The quantitative estimate of drug-likeness (QED) is 0.596. The first-order chi connectivity index (χ1) is 12.0. The normalized spacial score (nSPS) is 25.0. The van der Waals surface area contributed by atoms with E-state index < -0.39 is 0 Å². The van der Waals surface area contributed by atoms with Gasteiger partial charge in [0.25, 0.3) is 0 Å². The maximum atomic E-state index is 10.4. The van der Waals surface area contributed by atoms with Gasteiger partial charge in [-0.15, -0.1) is 0 Å². The number of aryl methyl sites for hydroxylation is 2. The number of ether oxygens (including phenoxy) is 1. The first-order valence-electron chi connectivity index (χ1n) is 9.43. The zero-order valence-corrected chi connectivity index (χ0v) is 15.3. The van der Waals surface area contributed by atoms with Gasteiger partial charge in [0, 0.05) is 6.42 Å². The average molecular weight is 346 g/mol. The fourth-order valence-corrected chi connectivity index (χ4v) is 3.79. The highest BCUT2D eigenvalue weighted by Crippen LogP contribution is 2.43. The van der Waals surface area contributed by atoms with Crippen molar-refractivity contribution in [2.75, 3.05) is 0 Å². The SMILES string of the molecule is C[C@@H](CCCc1ccoc1)C[C@@H](O)C[C@]1(C)O[C@@H]1CCc1ccoc1. The molecule has 1 fully saturated rings. The number of aliphatic hydroxyl groups is 1. The lowest BCUT2D eigenvalue weighted by molar-refractivity contribution is 0.105. The lowest BCUT2D eigenvalue weighted by atomic mass is 9.90. The summed E-state index contributed by atoms with van der Waals surface area (Å²) in [6.45, 7) is 4.35. The van der Waals surface area contributed by atoms with Gasteiger partial charge in [-0.05, 0) is 68.2 Å². The Balaban J connectivity index is 1.31. The maximum Gasteiger partial charge on any atom is 0.0945 e. The zero-order valence-electron chi connectivity index (χ0n) is 15.3. The van der Waals surface area contributed by atoms with Crippen LogP contribution in [-0.2, 0) is 17.6 Å². The van der Waals surface area contributed by atoms with Crippen molar-refractivity contribution >= 4 is 0 Å². The first kappa shape index (κ1) is 18.3. The summed E-state index contributed by atoms with van der Waals surface area (Å²) in [5.74, 6) is 0.522. The predicted octanol–water partition coefficient (Wildman–Crippen LogP) is 4.76. The lowest BCUT2D eigenvalue weighted by Gasteiger charge is -2.18. The van der Waals surface area contributed by atoms with Crippen LogP contribution in [-0.4, -0.2) is 22.9 Å². The van der Waals surface area contributed by atoms with Crippen LogP contribution in [0.25, 0.3) is 0 Å². The van der Waals surface area contributed by atoms with Crippen LogP contribution in [0, 0.1) is 5.92 Å². The predicted molar refractivity (Wildman–Crippen MR) is 96.4 cm³/mol. The van der Waals surface area contributed by atoms with Crippen LogP contribution in [0.3, 0.4) is 0 Å². The molecule has 3 heterocycles. The monoisotopic (exact) mass is 346 g/mol. The van der Waals surface area contributed by atoms with E-state index in [1.807, 2.05) is 18.4 Å². The first-order valence-corrected chi connectivity index (χ1v) is 9.43. The number of furan rings is 2.